The molecule has 1 aromatic carbocycles. The summed E-state index contributed by atoms with van der Waals surface area (Å²) >= 11 is 5.82. The maximum absolute atomic E-state index is 13.0. The largest absolute Gasteiger partial charge is 0.468 e. The molecule has 1 atom stereocenters. The summed E-state index contributed by atoms with van der Waals surface area (Å²) < 4.78 is 46.0. The Balaban J connectivity index is 2.26. The second kappa shape index (κ2) is 6.80. The monoisotopic (exact) mass is 350 g/mol. The van der Waals surface area contributed by atoms with E-state index in [9.17, 15) is 17.6 Å². The zero-order valence-electron chi connectivity index (χ0n) is 11.9. The van der Waals surface area contributed by atoms with Crippen LogP contribution in [0.4, 0.5) is 10.1 Å². The fourth-order valence-electron chi connectivity index (χ4n) is 2.33. The van der Waals surface area contributed by atoms with E-state index < -0.39 is 28.0 Å². The molecule has 1 saturated heterocycles. The third kappa shape index (κ3) is 3.68. The highest BCUT2D eigenvalue weighted by atomic mass is 35.5. The lowest BCUT2D eigenvalue weighted by Gasteiger charge is -2.32. The van der Waals surface area contributed by atoms with Crippen LogP contribution in [0, 0.1) is 5.82 Å². The number of benzene rings is 1. The number of anilines is 1. The van der Waals surface area contributed by atoms with E-state index in [2.05, 4.69) is 9.46 Å². The van der Waals surface area contributed by atoms with E-state index in [1.54, 1.807) is 0 Å². The first-order valence-corrected chi connectivity index (χ1v) is 8.49. The molecule has 1 heterocycles. The number of piperidine rings is 1. The van der Waals surface area contributed by atoms with E-state index in [4.69, 9.17) is 11.6 Å². The summed E-state index contributed by atoms with van der Waals surface area (Å²) in [5, 5.41) is -0.0600. The van der Waals surface area contributed by atoms with Gasteiger partial charge in [-0.3, -0.25) is 9.52 Å². The van der Waals surface area contributed by atoms with Gasteiger partial charge >= 0.3 is 16.2 Å². The summed E-state index contributed by atoms with van der Waals surface area (Å²) in [4.78, 5) is 11.8. The number of esters is 1. The van der Waals surface area contributed by atoms with Gasteiger partial charge in [-0.15, -0.1) is 0 Å². The van der Waals surface area contributed by atoms with E-state index in [0.717, 1.165) is 22.9 Å². The van der Waals surface area contributed by atoms with Gasteiger partial charge in [-0.1, -0.05) is 11.6 Å². The lowest BCUT2D eigenvalue weighted by molar-refractivity contribution is -0.146. The molecule has 1 N–H and O–H groups in total. The van der Waals surface area contributed by atoms with Gasteiger partial charge in [-0.2, -0.15) is 12.7 Å². The van der Waals surface area contributed by atoms with Crippen LogP contribution in [0.5, 0.6) is 0 Å². The quantitative estimate of drug-likeness (QED) is 0.844. The van der Waals surface area contributed by atoms with Crippen LogP contribution in [0.1, 0.15) is 19.3 Å². The van der Waals surface area contributed by atoms with Gasteiger partial charge in [0.25, 0.3) is 0 Å². The molecule has 0 aromatic heterocycles. The number of hydrogen-bond acceptors (Lipinski definition) is 4. The average Bonchev–Trinajstić information content (AvgIpc) is 2.49. The van der Waals surface area contributed by atoms with E-state index in [-0.39, 0.29) is 17.3 Å². The van der Waals surface area contributed by atoms with Gasteiger partial charge in [0, 0.05) is 6.54 Å². The van der Waals surface area contributed by atoms with Crippen LogP contribution in [0.2, 0.25) is 5.02 Å². The number of methoxy groups -OCH3 is 1. The van der Waals surface area contributed by atoms with Crippen molar-refractivity contribution < 1.29 is 22.3 Å². The van der Waals surface area contributed by atoms with Gasteiger partial charge in [0.2, 0.25) is 0 Å². The average molecular weight is 351 g/mol. The molecule has 0 spiro atoms. The summed E-state index contributed by atoms with van der Waals surface area (Å²) in [5.74, 6) is -1.17. The lowest BCUT2D eigenvalue weighted by Crippen LogP contribution is -2.50. The van der Waals surface area contributed by atoms with Crippen LogP contribution in [0.25, 0.3) is 0 Å². The summed E-state index contributed by atoms with van der Waals surface area (Å²) in [6.07, 6.45) is 1.78. The normalized spacial score (nSPS) is 19.7. The second-order valence-electron chi connectivity index (χ2n) is 4.88. The Morgan fingerprint density at radius 1 is 1.45 bits per heavy atom. The molecule has 0 saturated carbocycles. The maximum Gasteiger partial charge on any atom is 0.324 e. The Morgan fingerprint density at radius 3 is 2.82 bits per heavy atom. The van der Waals surface area contributed by atoms with Gasteiger partial charge < -0.3 is 4.74 Å². The van der Waals surface area contributed by atoms with Crippen molar-refractivity contribution in [3.63, 3.8) is 0 Å². The molecule has 1 aliphatic heterocycles. The molecule has 1 unspecified atom stereocenters. The number of nitrogens with one attached hydrogen (secondary N) is 1. The molecule has 0 radical (unpaired) electrons. The van der Waals surface area contributed by atoms with Crippen molar-refractivity contribution in [2.24, 2.45) is 0 Å². The van der Waals surface area contributed by atoms with E-state index in [1.165, 1.54) is 13.2 Å². The van der Waals surface area contributed by atoms with E-state index >= 15 is 0 Å². The van der Waals surface area contributed by atoms with Crippen LogP contribution >= 0.6 is 11.6 Å². The van der Waals surface area contributed by atoms with Gasteiger partial charge in [0.1, 0.15) is 11.9 Å². The predicted molar refractivity (Wildman–Crippen MR) is 80.3 cm³/mol. The van der Waals surface area contributed by atoms with E-state index in [0.29, 0.717) is 12.8 Å². The van der Waals surface area contributed by atoms with Crippen LogP contribution in [-0.2, 0) is 19.7 Å². The Hall–Kier alpha value is -1.38. The van der Waals surface area contributed by atoms with Crippen molar-refractivity contribution in [3.8, 4) is 0 Å². The number of carbonyl (C=O) groups is 1. The van der Waals surface area contributed by atoms with Crippen LogP contribution in [0.15, 0.2) is 18.2 Å². The minimum absolute atomic E-state index is 0.0530. The van der Waals surface area contributed by atoms with Gasteiger partial charge in [0.15, 0.2) is 0 Å². The summed E-state index contributed by atoms with van der Waals surface area (Å²) in [6, 6.07) is 2.47. The van der Waals surface area contributed by atoms with Crippen LogP contribution < -0.4 is 4.72 Å². The molecule has 9 heteroatoms. The number of hydrogen-bond donors (Lipinski definition) is 1. The first-order valence-electron chi connectivity index (χ1n) is 6.67. The lowest BCUT2D eigenvalue weighted by atomic mass is 10.1. The Kier molecular flexibility index (Phi) is 5.25. The maximum atomic E-state index is 13.0. The topological polar surface area (TPSA) is 75.7 Å². The third-order valence-electron chi connectivity index (χ3n) is 3.41. The number of carbonyl (C=O) groups excluding carboxylic acids is 1. The van der Waals surface area contributed by atoms with Crippen molar-refractivity contribution in [3.05, 3.63) is 29.0 Å². The van der Waals surface area contributed by atoms with Gasteiger partial charge in [-0.05, 0) is 37.5 Å². The highest BCUT2D eigenvalue weighted by Crippen LogP contribution is 2.27. The Labute approximate surface area is 133 Å². The zero-order valence-corrected chi connectivity index (χ0v) is 13.5. The van der Waals surface area contributed by atoms with E-state index in [1.807, 2.05) is 0 Å². The fourth-order valence-corrected chi connectivity index (χ4v) is 4.07. The van der Waals surface area contributed by atoms with Crippen molar-refractivity contribution in [1.29, 1.82) is 0 Å². The minimum atomic E-state index is -4.00. The van der Waals surface area contributed by atoms with Crippen molar-refractivity contribution in [1.82, 2.24) is 4.31 Å². The highest BCUT2D eigenvalue weighted by Gasteiger charge is 2.37. The number of halogens is 2. The fraction of sp³-hybridized carbons (Fsp3) is 0.462. The number of rotatable bonds is 4. The Morgan fingerprint density at radius 2 is 2.18 bits per heavy atom. The van der Waals surface area contributed by atoms with Crippen molar-refractivity contribution in [2.75, 3.05) is 18.4 Å². The molecular weight excluding hydrogens is 335 g/mol. The van der Waals surface area contributed by atoms with Gasteiger partial charge in [-0.25, -0.2) is 4.39 Å². The molecule has 2 rings (SSSR count). The SMILES string of the molecule is COC(=O)C1CCCCN1S(=O)(=O)Nc1ccc(F)cc1Cl. The summed E-state index contributed by atoms with van der Waals surface area (Å²) in [7, 11) is -2.79. The van der Waals surface area contributed by atoms with Crippen LogP contribution in [-0.4, -0.2) is 38.4 Å². The van der Waals surface area contributed by atoms with Crippen LogP contribution in [0.3, 0.4) is 0 Å². The molecule has 22 heavy (non-hydrogen) atoms. The first kappa shape index (κ1) is 17.0. The predicted octanol–water partition coefficient (Wildman–Crippen LogP) is 2.16. The molecule has 0 bridgehead atoms. The molecule has 122 valence electrons. The third-order valence-corrected chi connectivity index (χ3v) is 5.25. The molecule has 1 fully saturated rings. The summed E-state index contributed by atoms with van der Waals surface area (Å²) in [6.45, 7) is 0.202. The second-order valence-corrected chi connectivity index (χ2v) is 6.91. The molecule has 1 aromatic rings. The standard InChI is InChI=1S/C13H16ClFN2O4S/c1-21-13(18)12-4-2-3-7-17(12)22(19,20)16-11-6-5-9(15)8-10(11)14/h5-6,8,12,16H,2-4,7H2,1H3. The zero-order chi connectivity index (χ0) is 16.3. The smallest absolute Gasteiger partial charge is 0.324 e. The first-order chi connectivity index (χ1) is 10.3. The highest BCUT2D eigenvalue weighted by molar-refractivity contribution is 7.90. The molecule has 6 nitrogen and oxygen atoms in total. The van der Waals surface area contributed by atoms with Crippen molar-refractivity contribution >= 4 is 33.5 Å². The minimum Gasteiger partial charge on any atom is -0.468 e. The Bertz CT molecular complexity index is 668. The number of ether oxygens (including phenoxy) is 1. The molecule has 0 aliphatic carbocycles. The molecule has 0 amide bonds. The molecule has 1 aliphatic rings. The number of nitrogens with zero attached hydrogens (tertiary/aromatic N) is 1. The molecular formula is C13H16ClFN2O4S. The van der Waals surface area contributed by atoms with Crippen molar-refractivity contribution in [2.45, 2.75) is 25.3 Å². The van der Waals surface area contributed by atoms with Gasteiger partial charge in [0.05, 0.1) is 17.8 Å². The summed E-state index contributed by atoms with van der Waals surface area (Å²) in [5.41, 5.74) is 0.0530.